The van der Waals surface area contributed by atoms with Crippen LogP contribution in [0.2, 0.25) is 0 Å². The Labute approximate surface area is 177 Å². The van der Waals surface area contributed by atoms with Crippen LogP contribution in [-0.4, -0.2) is 25.2 Å². The maximum atomic E-state index is 13.0. The Kier molecular flexibility index (Phi) is 5.83. The second-order valence-corrected chi connectivity index (χ2v) is 8.29. The van der Waals surface area contributed by atoms with Gasteiger partial charge in [-0.25, -0.2) is 4.99 Å². The van der Waals surface area contributed by atoms with Crippen LogP contribution in [0.5, 0.6) is 0 Å². The molecule has 1 N–H and O–H groups in total. The van der Waals surface area contributed by atoms with Gasteiger partial charge in [0.2, 0.25) is 5.55 Å². The fourth-order valence-corrected chi connectivity index (χ4v) is 3.75. The minimum atomic E-state index is -0.214. The number of rotatable bonds is 4. The highest BCUT2D eigenvalue weighted by atomic mass is 79.9. The number of aryl methyl sites for hydroxylation is 2. The van der Waals surface area contributed by atoms with E-state index in [1.807, 2.05) is 49.4 Å². The van der Waals surface area contributed by atoms with E-state index < -0.39 is 0 Å². The molecule has 5 nitrogen and oxygen atoms in total. The molecule has 0 saturated carbocycles. The molecule has 0 unspecified atom stereocenters. The molecule has 150 valence electrons. The third kappa shape index (κ3) is 4.60. The number of amides is 1. The highest BCUT2D eigenvalue weighted by Gasteiger charge is 2.18. The molecule has 0 spiro atoms. The lowest BCUT2D eigenvalue weighted by Gasteiger charge is -2.11. The molecule has 29 heavy (non-hydrogen) atoms. The normalized spacial score (nSPS) is 17.1. The van der Waals surface area contributed by atoms with Crippen LogP contribution >= 0.6 is 15.9 Å². The zero-order chi connectivity index (χ0) is 20.4. The fraction of sp³-hybridized carbons (Fsp3) is 0.304. The number of halogens is 1. The topological polar surface area (TPSA) is 63.8 Å². The quantitative estimate of drug-likeness (QED) is 0.606. The smallest absolute Gasteiger partial charge is 0.256 e. The zero-order valence-corrected chi connectivity index (χ0v) is 18.1. The summed E-state index contributed by atoms with van der Waals surface area (Å²) in [6, 6.07) is 13.5. The lowest BCUT2D eigenvalue weighted by molar-refractivity contribution is 0.0854. The molecule has 1 aliphatic rings. The van der Waals surface area contributed by atoms with Gasteiger partial charge in [-0.2, -0.15) is 0 Å². The molecule has 6 heteroatoms. The molecule has 3 aromatic rings. The number of ether oxygens (including phenoxy) is 1. The first kappa shape index (κ1) is 19.9. The van der Waals surface area contributed by atoms with Crippen molar-refractivity contribution in [2.24, 2.45) is 4.99 Å². The van der Waals surface area contributed by atoms with Crippen molar-refractivity contribution in [3.05, 3.63) is 69.2 Å². The minimum Gasteiger partial charge on any atom is -0.438 e. The van der Waals surface area contributed by atoms with E-state index in [1.165, 1.54) is 5.56 Å². The van der Waals surface area contributed by atoms with Gasteiger partial charge in [-0.1, -0.05) is 22.0 Å². The van der Waals surface area contributed by atoms with Crippen molar-refractivity contribution in [2.45, 2.75) is 32.8 Å². The van der Waals surface area contributed by atoms with Crippen molar-refractivity contribution in [1.82, 2.24) is 5.32 Å². The molecule has 1 amide bonds. The molecule has 1 aromatic heterocycles. The van der Waals surface area contributed by atoms with Crippen molar-refractivity contribution in [1.29, 1.82) is 0 Å². The average Bonchev–Trinajstić information content (AvgIpc) is 3.22. The number of hydrogen-bond acceptors (Lipinski definition) is 4. The van der Waals surface area contributed by atoms with Gasteiger partial charge in [-0.3, -0.25) is 4.79 Å². The van der Waals surface area contributed by atoms with Gasteiger partial charge in [0.1, 0.15) is 11.1 Å². The Morgan fingerprint density at radius 2 is 2.03 bits per heavy atom. The summed E-state index contributed by atoms with van der Waals surface area (Å²) in [7, 11) is 0. The molecule has 1 saturated heterocycles. The number of nitrogens with one attached hydrogen (secondary N) is 1. The lowest BCUT2D eigenvalue weighted by atomic mass is 10.1. The average molecular weight is 455 g/mol. The van der Waals surface area contributed by atoms with Crippen LogP contribution in [0, 0.1) is 13.8 Å². The van der Waals surface area contributed by atoms with Crippen LogP contribution in [0.3, 0.4) is 0 Å². The summed E-state index contributed by atoms with van der Waals surface area (Å²) in [5, 5.41) is 3.81. The molecule has 2 aromatic carbocycles. The van der Waals surface area contributed by atoms with Crippen LogP contribution in [0.15, 0.2) is 56.3 Å². The van der Waals surface area contributed by atoms with Gasteiger partial charge in [0.25, 0.3) is 5.91 Å². The van der Waals surface area contributed by atoms with E-state index in [2.05, 4.69) is 33.2 Å². The van der Waals surface area contributed by atoms with Crippen molar-refractivity contribution >= 4 is 38.5 Å². The Morgan fingerprint density at radius 1 is 1.17 bits per heavy atom. The van der Waals surface area contributed by atoms with Crippen LogP contribution in [0.4, 0.5) is 5.69 Å². The van der Waals surface area contributed by atoms with Crippen molar-refractivity contribution in [2.75, 3.05) is 13.2 Å². The molecule has 0 aliphatic carbocycles. The zero-order valence-electron chi connectivity index (χ0n) is 16.5. The number of nitrogens with zero attached hydrogens (tertiary/aromatic N) is 1. The van der Waals surface area contributed by atoms with Crippen molar-refractivity contribution in [3.8, 4) is 0 Å². The van der Waals surface area contributed by atoms with Crippen molar-refractivity contribution < 1.29 is 13.9 Å². The molecule has 1 atom stereocenters. The van der Waals surface area contributed by atoms with E-state index in [1.54, 1.807) is 0 Å². The molecule has 4 rings (SSSR count). The monoisotopic (exact) mass is 454 g/mol. The Balaban J connectivity index is 1.76. The summed E-state index contributed by atoms with van der Waals surface area (Å²) in [6.45, 7) is 5.34. The molecule has 0 bridgehead atoms. The van der Waals surface area contributed by atoms with Gasteiger partial charge in [0.15, 0.2) is 0 Å². The second-order valence-electron chi connectivity index (χ2n) is 7.37. The van der Waals surface area contributed by atoms with Gasteiger partial charge in [-0.05, 0) is 74.2 Å². The molecule has 1 fully saturated rings. The van der Waals surface area contributed by atoms with Crippen molar-refractivity contribution in [3.63, 3.8) is 0 Å². The summed E-state index contributed by atoms with van der Waals surface area (Å²) in [5.41, 5.74) is 4.46. The number of carbonyl (C=O) groups excluding carboxylic acids is 1. The minimum absolute atomic E-state index is 0.0747. The predicted molar refractivity (Wildman–Crippen MR) is 116 cm³/mol. The maximum absolute atomic E-state index is 13.0. The Bertz CT molecular complexity index is 1130. The van der Waals surface area contributed by atoms with Gasteiger partial charge < -0.3 is 14.5 Å². The van der Waals surface area contributed by atoms with E-state index in [0.717, 1.165) is 40.6 Å². The van der Waals surface area contributed by atoms with Gasteiger partial charge >= 0.3 is 0 Å². The standard InChI is InChI=1S/C23H23BrN2O3/c1-14-5-7-18(10-15(14)2)26-23-20(22(27)25-13-19-4-3-9-28-19)12-16-11-17(24)6-8-21(16)29-23/h5-8,10-12,19H,3-4,9,13H2,1-2H3,(H,25,27)/t19-/m1/s1. The first-order valence-electron chi connectivity index (χ1n) is 9.75. The maximum Gasteiger partial charge on any atom is 0.256 e. The number of carbonyl (C=O) groups is 1. The third-order valence-electron chi connectivity index (χ3n) is 5.19. The Hall–Kier alpha value is -2.44. The molecule has 1 aliphatic heterocycles. The summed E-state index contributed by atoms with van der Waals surface area (Å²) in [4.78, 5) is 17.6. The molecule has 0 radical (unpaired) electrons. The predicted octanol–water partition coefficient (Wildman–Crippen LogP) is 4.95. The molecule has 2 heterocycles. The number of benzene rings is 2. The number of fused-ring (bicyclic) bond motifs is 1. The van der Waals surface area contributed by atoms with Crippen LogP contribution in [-0.2, 0) is 4.74 Å². The number of hydrogen-bond donors (Lipinski definition) is 1. The van der Waals surface area contributed by atoms with Gasteiger partial charge in [0.05, 0.1) is 11.8 Å². The summed E-state index contributed by atoms with van der Waals surface area (Å²) < 4.78 is 12.6. The first-order valence-corrected chi connectivity index (χ1v) is 10.5. The van der Waals surface area contributed by atoms with Crippen LogP contribution in [0.25, 0.3) is 11.0 Å². The van der Waals surface area contributed by atoms with E-state index >= 15 is 0 Å². The van der Waals surface area contributed by atoms with Crippen LogP contribution < -0.4 is 10.9 Å². The van der Waals surface area contributed by atoms with Gasteiger partial charge in [0, 0.05) is 23.0 Å². The van der Waals surface area contributed by atoms with Crippen LogP contribution in [0.1, 0.15) is 34.3 Å². The van der Waals surface area contributed by atoms with E-state index in [-0.39, 0.29) is 12.0 Å². The fourth-order valence-electron chi connectivity index (χ4n) is 3.37. The Morgan fingerprint density at radius 3 is 2.79 bits per heavy atom. The van der Waals surface area contributed by atoms with E-state index in [4.69, 9.17) is 9.15 Å². The summed E-state index contributed by atoms with van der Waals surface area (Å²) in [6.07, 6.45) is 2.08. The molecular formula is C23H23BrN2O3. The second kappa shape index (κ2) is 8.51. The lowest BCUT2D eigenvalue weighted by Crippen LogP contribution is -2.34. The highest BCUT2D eigenvalue weighted by molar-refractivity contribution is 9.10. The largest absolute Gasteiger partial charge is 0.438 e. The molecular weight excluding hydrogens is 432 g/mol. The highest BCUT2D eigenvalue weighted by Crippen LogP contribution is 2.21. The van der Waals surface area contributed by atoms with Gasteiger partial charge in [-0.15, -0.1) is 0 Å². The summed E-state index contributed by atoms with van der Waals surface area (Å²) in [5.74, 6) is -0.214. The summed E-state index contributed by atoms with van der Waals surface area (Å²) >= 11 is 3.47. The third-order valence-corrected chi connectivity index (χ3v) is 5.68. The van der Waals surface area contributed by atoms with E-state index in [9.17, 15) is 4.79 Å². The van der Waals surface area contributed by atoms with E-state index in [0.29, 0.717) is 23.2 Å². The first-order chi connectivity index (χ1) is 14.0. The SMILES string of the molecule is Cc1ccc(N=c2oc3ccc(Br)cc3cc2C(=O)NC[C@H]2CCCO2)cc1C.